The summed E-state index contributed by atoms with van der Waals surface area (Å²) in [5, 5.41) is 2.86. The second kappa shape index (κ2) is 3.56. The van der Waals surface area contributed by atoms with E-state index in [1.54, 1.807) is 13.0 Å². The highest BCUT2D eigenvalue weighted by Gasteiger charge is 2.13. The average molecular weight is 155 g/mol. The molecule has 0 aliphatic carbocycles. The molecule has 0 atom stereocenters. The summed E-state index contributed by atoms with van der Waals surface area (Å²) in [4.78, 5) is 11.2. The molecule has 2 nitrogen and oxygen atoms in total. The first kappa shape index (κ1) is 10.2. The molecule has 0 aromatic rings. The number of amides is 1. The van der Waals surface area contributed by atoms with Crippen molar-refractivity contribution in [3.05, 3.63) is 11.6 Å². The molecule has 2 heteroatoms. The number of carbonyl (C=O) groups excluding carboxylic acids is 1. The van der Waals surface area contributed by atoms with Crippen LogP contribution in [0.25, 0.3) is 0 Å². The van der Waals surface area contributed by atoms with Crippen molar-refractivity contribution in [1.82, 2.24) is 5.32 Å². The van der Waals surface area contributed by atoms with Crippen molar-refractivity contribution in [1.29, 1.82) is 0 Å². The summed E-state index contributed by atoms with van der Waals surface area (Å²) < 4.78 is 0. The minimum atomic E-state index is -0.138. The molecule has 1 N–H and O–H groups in total. The van der Waals surface area contributed by atoms with Crippen LogP contribution in [0.5, 0.6) is 0 Å². The zero-order valence-corrected chi connectivity index (χ0v) is 7.99. The number of rotatable bonds is 1. The highest BCUT2D eigenvalue weighted by molar-refractivity contribution is 5.93. The van der Waals surface area contributed by atoms with Gasteiger partial charge in [0, 0.05) is 11.1 Å². The molecular weight excluding hydrogens is 138 g/mol. The summed E-state index contributed by atoms with van der Waals surface area (Å²) in [6, 6.07) is 0. The summed E-state index contributed by atoms with van der Waals surface area (Å²) in [6.45, 7) is 9.56. The van der Waals surface area contributed by atoms with E-state index in [-0.39, 0.29) is 11.4 Å². The van der Waals surface area contributed by atoms with Crippen LogP contribution in [0.4, 0.5) is 0 Å². The van der Waals surface area contributed by atoms with Gasteiger partial charge in [-0.2, -0.15) is 0 Å². The normalized spacial score (nSPS) is 13.0. The van der Waals surface area contributed by atoms with E-state index in [4.69, 9.17) is 0 Å². The van der Waals surface area contributed by atoms with E-state index in [9.17, 15) is 4.79 Å². The number of hydrogen-bond acceptors (Lipinski definition) is 1. The number of allylic oxidation sites excluding steroid dienone is 1. The average Bonchev–Trinajstić information content (AvgIpc) is 1.82. The molecule has 0 spiro atoms. The van der Waals surface area contributed by atoms with Crippen LogP contribution in [0.3, 0.4) is 0 Å². The SMILES string of the molecule is C/C=C(\C)C(=O)NC(C)(C)C. The maximum Gasteiger partial charge on any atom is 0.246 e. The van der Waals surface area contributed by atoms with Gasteiger partial charge in [-0.1, -0.05) is 6.08 Å². The first-order valence-electron chi connectivity index (χ1n) is 3.82. The van der Waals surface area contributed by atoms with E-state index >= 15 is 0 Å². The zero-order chi connectivity index (χ0) is 9.07. The molecule has 0 unspecified atom stereocenters. The second-order valence-electron chi connectivity index (χ2n) is 3.68. The molecule has 0 aromatic heterocycles. The van der Waals surface area contributed by atoms with E-state index in [1.165, 1.54) is 0 Å². The van der Waals surface area contributed by atoms with Crippen LogP contribution in [0, 0.1) is 0 Å². The number of nitrogens with one attached hydrogen (secondary N) is 1. The third-order valence-electron chi connectivity index (χ3n) is 1.28. The zero-order valence-electron chi connectivity index (χ0n) is 7.99. The van der Waals surface area contributed by atoms with E-state index in [0.29, 0.717) is 0 Å². The van der Waals surface area contributed by atoms with Gasteiger partial charge in [0.25, 0.3) is 0 Å². The molecule has 0 aliphatic rings. The van der Waals surface area contributed by atoms with E-state index < -0.39 is 0 Å². The Bertz CT molecular complexity index is 174. The molecule has 11 heavy (non-hydrogen) atoms. The van der Waals surface area contributed by atoms with Crippen molar-refractivity contribution in [3.63, 3.8) is 0 Å². The minimum absolute atomic E-state index is 0.0139. The molecule has 0 saturated carbocycles. The highest BCUT2D eigenvalue weighted by Crippen LogP contribution is 2.01. The van der Waals surface area contributed by atoms with Gasteiger partial charge in [-0.05, 0) is 34.6 Å². The van der Waals surface area contributed by atoms with Crippen LogP contribution in [-0.4, -0.2) is 11.4 Å². The van der Waals surface area contributed by atoms with Gasteiger partial charge in [0.05, 0.1) is 0 Å². The number of carbonyl (C=O) groups is 1. The largest absolute Gasteiger partial charge is 0.348 e. The van der Waals surface area contributed by atoms with Crippen LogP contribution >= 0.6 is 0 Å². The molecule has 64 valence electrons. The first-order chi connectivity index (χ1) is 4.87. The van der Waals surface area contributed by atoms with Crippen molar-refractivity contribution in [2.75, 3.05) is 0 Å². The molecule has 0 aromatic carbocycles. The van der Waals surface area contributed by atoms with Gasteiger partial charge in [-0.3, -0.25) is 4.79 Å². The molecule has 0 saturated heterocycles. The van der Waals surface area contributed by atoms with Crippen LogP contribution in [-0.2, 0) is 4.79 Å². The fourth-order valence-electron chi connectivity index (χ4n) is 0.570. The lowest BCUT2D eigenvalue weighted by atomic mass is 10.1. The Morgan fingerprint density at radius 3 is 2.09 bits per heavy atom. The van der Waals surface area contributed by atoms with E-state index in [2.05, 4.69) is 5.32 Å². The molecule has 0 rings (SSSR count). The third-order valence-corrected chi connectivity index (χ3v) is 1.28. The van der Waals surface area contributed by atoms with E-state index in [1.807, 2.05) is 27.7 Å². The first-order valence-corrected chi connectivity index (χ1v) is 3.82. The van der Waals surface area contributed by atoms with Gasteiger partial charge in [0.15, 0.2) is 0 Å². The van der Waals surface area contributed by atoms with Crippen LogP contribution in [0.1, 0.15) is 34.6 Å². The Labute approximate surface area is 68.7 Å². The smallest absolute Gasteiger partial charge is 0.246 e. The van der Waals surface area contributed by atoms with Crippen molar-refractivity contribution < 1.29 is 4.79 Å². The van der Waals surface area contributed by atoms with Gasteiger partial charge in [0.1, 0.15) is 0 Å². The maximum atomic E-state index is 11.2. The molecule has 0 aliphatic heterocycles. The van der Waals surface area contributed by atoms with Gasteiger partial charge in [-0.15, -0.1) is 0 Å². The fraction of sp³-hybridized carbons (Fsp3) is 0.667. The fourth-order valence-corrected chi connectivity index (χ4v) is 0.570. The monoisotopic (exact) mass is 155 g/mol. The Balaban J connectivity index is 4.10. The summed E-state index contributed by atoms with van der Waals surface area (Å²) in [5.74, 6) is 0.0139. The summed E-state index contributed by atoms with van der Waals surface area (Å²) in [5.41, 5.74) is 0.626. The van der Waals surface area contributed by atoms with Gasteiger partial charge < -0.3 is 5.32 Å². The summed E-state index contributed by atoms with van der Waals surface area (Å²) in [6.07, 6.45) is 1.81. The molecular formula is C9H17NO. The Morgan fingerprint density at radius 1 is 1.36 bits per heavy atom. The highest BCUT2D eigenvalue weighted by atomic mass is 16.1. The summed E-state index contributed by atoms with van der Waals surface area (Å²) >= 11 is 0. The maximum absolute atomic E-state index is 11.2. The van der Waals surface area contributed by atoms with Crippen LogP contribution < -0.4 is 5.32 Å². The van der Waals surface area contributed by atoms with Crippen LogP contribution in [0.15, 0.2) is 11.6 Å². The van der Waals surface area contributed by atoms with Crippen molar-refractivity contribution in [2.45, 2.75) is 40.2 Å². The lowest BCUT2D eigenvalue weighted by Crippen LogP contribution is -2.40. The Morgan fingerprint density at radius 2 is 1.82 bits per heavy atom. The van der Waals surface area contributed by atoms with Gasteiger partial charge in [0.2, 0.25) is 5.91 Å². The standard InChI is InChI=1S/C9H17NO/c1-6-7(2)8(11)10-9(3,4)5/h6H,1-5H3,(H,10,11)/b7-6+. The lowest BCUT2D eigenvalue weighted by molar-refractivity contribution is -0.118. The third kappa shape index (κ3) is 4.59. The molecule has 0 radical (unpaired) electrons. The summed E-state index contributed by atoms with van der Waals surface area (Å²) in [7, 11) is 0. The van der Waals surface area contributed by atoms with Crippen LogP contribution in [0.2, 0.25) is 0 Å². The quantitative estimate of drug-likeness (QED) is 0.575. The van der Waals surface area contributed by atoms with Crippen molar-refractivity contribution in [3.8, 4) is 0 Å². The second-order valence-corrected chi connectivity index (χ2v) is 3.68. The lowest BCUT2D eigenvalue weighted by Gasteiger charge is -2.20. The minimum Gasteiger partial charge on any atom is -0.348 e. The predicted octanol–water partition coefficient (Wildman–Crippen LogP) is 1.87. The van der Waals surface area contributed by atoms with Gasteiger partial charge >= 0.3 is 0 Å². The van der Waals surface area contributed by atoms with Gasteiger partial charge in [-0.25, -0.2) is 0 Å². The Kier molecular flexibility index (Phi) is 3.30. The predicted molar refractivity (Wildman–Crippen MR) is 47.3 cm³/mol. The van der Waals surface area contributed by atoms with Crippen molar-refractivity contribution in [2.24, 2.45) is 0 Å². The number of hydrogen-bond donors (Lipinski definition) is 1. The molecule has 0 fully saturated rings. The van der Waals surface area contributed by atoms with E-state index in [0.717, 1.165) is 5.57 Å². The van der Waals surface area contributed by atoms with Crippen molar-refractivity contribution >= 4 is 5.91 Å². The Hall–Kier alpha value is -0.790. The topological polar surface area (TPSA) is 29.1 Å². The molecule has 0 bridgehead atoms. The molecule has 0 heterocycles. The molecule has 1 amide bonds.